The van der Waals surface area contributed by atoms with Crippen LogP contribution in [0.2, 0.25) is 0 Å². The topological polar surface area (TPSA) is 24.5 Å². The molecule has 0 amide bonds. The van der Waals surface area contributed by atoms with E-state index in [1.165, 1.54) is 6.07 Å². The standard InChI is InChI=1S/C15H23FN2O/c1-4-17-11(2)13-6-5-7-14(16)15(13)18-9-8-12(10-18)19-3/h5-7,11-12,17H,4,8-10H2,1-3H3. The van der Waals surface area contributed by atoms with Crippen molar-refractivity contribution in [2.24, 2.45) is 0 Å². The lowest BCUT2D eigenvalue weighted by molar-refractivity contribution is 0.121. The molecule has 1 aromatic carbocycles. The maximum Gasteiger partial charge on any atom is 0.146 e. The Bertz CT molecular complexity index is 425. The number of anilines is 1. The highest BCUT2D eigenvalue weighted by Crippen LogP contribution is 2.32. The summed E-state index contributed by atoms with van der Waals surface area (Å²) in [6, 6.07) is 5.48. The lowest BCUT2D eigenvalue weighted by atomic mass is 10.0. The van der Waals surface area contributed by atoms with Gasteiger partial charge >= 0.3 is 0 Å². The van der Waals surface area contributed by atoms with Crippen LogP contribution in [0.25, 0.3) is 0 Å². The van der Waals surface area contributed by atoms with Gasteiger partial charge in [-0.1, -0.05) is 19.1 Å². The number of para-hydroxylation sites is 1. The van der Waals surface area contributed by atoms with Gasteiger partial charge in [-0.15, -0.1) is 0 Å². The van der Waals surface area contributed by atoms with E-state index in [4.69, 9.17) is 4.74 Å². The Morgan fingerprint density at radius 2 is 2.32 bits per heavy atom. The first-order valence-corrected chi connectivity index (χ1v) is 6.96. The fourth-order valence-corrected chi connectivity index (χ4v) is 2.75. The van der Waals surface area contributed by atoms with Crippen LogP contribution in [0.3, 0.4) is 0 Å². The lowest BCUT2D eigenvalue weighted by Gasteiger charge is -2.25. The molecule has 1 saturated heterocycles. The third-order valence-corrected chi connectivity index (χ3v) is 3.79. The van der Waals surface area contributed by atoms with E-state index in [1.54, 1.807) is 13.2 Å². The van der Waals surface area contributed by atoms with Gasteiger partial charge in [-0.05, 0) is 31.5 Å². The van der Waals surface area contributed by atoms with Crippen LogP contribution in [0.5, 0.6) is 0 Å². The van der Waals surface area contributed by atoms with Crippen LogP contribution in [-0.4, -0.2) is 32.8 Å². The van der Waals surface area contributed by atoms with Crippen LogP contribution >= 0.6 is 0 Å². The maximum atomic E-state index is 14.2. The van der Waals surface area contributed by atoms with E-state index < -0.39 is 0 Å². The van der Waals surface area contributed by atoms with E-state index in [1.807, 2.05) is 6.07 Å². The molecule has 1 aromatic rings. The van der Waals surface area contributed by atoms with E-state index >= 15 is 0 Å². The SMILES string of the molecule is CCNC(C)c1cccc(F)c1N1CCC(OC)C1. The number of hydrogen-bond donors (Lipinski definition) is 1. The van der Waals surface area contributed by atoms with E-state index in [0.717, 1.165) is 37.3 Å². The molecule has 0 saturated carbocycles. The highest BCUT2D eigenvalue weighted by molar-refractivity contribution is 5.57. The molecule has 2 rings (SSSR count). The van der Waals surface area contributed by atoms with Gasteiger partial charge in [0.05, 0.1) is 11.8 Å². The minimum Gasteiger partial charge on any atom is -0.380 e. The number of benzene rings is 1. The Hall–Kier alpha value is -1.13. The Labute approximate surface area is 114 Å². The number of halogens is 1. The van der Waals surface area contributed by atoms with Gasteiger partial charge in [-0.2, -0.15) is 0 Å². The average Bonchev–Trinajstić information content (AvgIpc) is 2.87. The van der Waals surface area contributed by atoms with Gasteiger partial charge in [0.25, 0.3) is 0 Å². The lowest BCUT2D eigenvalue weighted by Crippen LogP contribution is -2.27. The van der Waals surface area contributed by atoms with E-state index in [9.17, 15) is 4.39 Å². The molecule has 19 heavy (non-hydrogen) atoms. The third-order valence-electron chi connectivity index (χ3n) is 3.79. The summed E-state index contributed by atoms with van der Waals surface area (Å²) < 4.78 is 19.6. The maximum absolute atomic E-state index is 14.2. The number of hydrogen-bond acceptors (Lipinski definition) is 3. The van der Waals surface area contributed by atoms with Crippen molar-refractivity contribution in [3.63, 3.8) is 0 Å². The largest absolute Gasteiger partial charge is 0.380 e. The van der Waals surface area contributed by atoms with Gasteiger partial charge in [0.15, 0.2) is 0 Å². The second-order valence-corrected chi connectivity index (χ2v) is 5.05. The molecule has 1 N–H and O–H groups in total. The zero-order valence-electron chi connectivity index (χ0n) is 11.9. The monoisotopic (exact) mass is 266 g/mol. The molecule has 0 radical (unpaired) electrons. The molecule has 3 nitrogen and oxygen atoms in total. The van der Waals surface area contributed by atoms with Crippen LogP contribution in [0.4, 0.5) is 10.1 Å². The Kier molecular flexibility index (Phi) is 4.77. The molecule has 1 fully saturated rings. The molecule has 1 aliphatic heterocycles. The van der Waals surface area contributed by atoms with Gasteiger partial charge in [-0.3, -0.25) is 0 Å². The number of methoxy groups -OCH3 is 1. The number of nitrogens with one attached hydrogen (secondary N) is 1. The normalized spacial score (nSPS) is 20.8. The first-order chi connectivity index (χ1) is 9.17. The fourth-order valence-electron chi connectivity index (χ4n) is 2.75. The summed E-state index contributed by atoms with van der Waals surface area (Å²) in [5.41, 5.74) is 1.76. The van der Waals surface area contributed by atoms with Gasteiger partial charge < -0.3 is 15.0 Å². The Morgan fingerprint density at radius 3 is 2.95 bits per heavy atom. The van der Waals surface area contributed by atoms with Crippen molar-refractivity contribution in [2.45, 2.75) is 32.4 Å². The summed E-state index contributed by atoms with van der Waals surface area (Å²) >= 11 is 0. The van der Waals surface area contributed by atoms with E-state index in [0.29, 0.717) is 0 Å². The van der Waals surface area contributed by atoms with E-state index in [2.05, 4.69) is 24.1 Å². The molecule has 0 spiro atoms. The summed E-state index contributed by atoms with van der Waals surface area (Å²) in [6.45, 7) is 6.63. The summed E-state index contributed by atoms with van der Waals surface area (Å²) in [6.07, 6.45) is 1.17. The Balaban J connectivity index is 2.28. The zero-order valence-corrected chi connectivity index (χ0v) is 11.9. The van der Waals surface area contributed by atoms with Gasteiger partial charge in [0, 0.05) is 26.2 Å². The molecule has 1 aliphatic rings. The van der Waals surface area contributed by atoms with Crippen molar-refractivity contribution in [1.29, 1.82) is 0 Å². The van der Waals surface area contributed by atoms with Gasteiger partial charge in [0.1, 0.15) is 5.82 Å². The van der Waals surface area contributed by atoms with Crippen LogP contribution in [0.15, 0.2) is 18.2 Å². The van der Waals surface area contributed by atoms with Gasteiger partial charge in [0.2, 0.25) is 0 Å². The predicted molar refractivity (Wildman–Crippen MR) is 76.1 cm³/mol. The molecule has 4 heteroatoms. The molecule has 0 aromatic heterocycles. The van der Waals surface area contributed by atoms with Crippen LogP contribution in [-0.2, 0) is 4.74 Å². The van der Waals surface area contributed by atoms with E-state index in [-0.39, 0.29) is 18.0 Å². The highest BCUT2D eigenvalue weighted by Gasteiger charge is 2.27. The molecule has 106 valence electrons. The predicted octanol–water partition coefficient (Wildman–Crippen LogP) is 2.72. The molecule has 0 aliphatic carbocycles. The second-order valence-electron chi connectivity index (χ2n) is 5.05. The molecular weight excluding hydrogens is 243 g/mol. The molecule has 1 heterocycles. The summed E-state index contributed by atoms with van der Waals surface area (Å²) in [7, 11) is 1.72. The summed E-state index contributed by atoms with van der Waals surface area (Å²) in [5.74, 6) is -0.140. The van der Waals surface area contributed by atoms with Crippen molar-refractivity contribution >= 4 is 5.69 Å². The molecule has 2 unspecified atom stereocenters. The number of ether oxygens (including phenoxy) is 1. The summed E-state index contributed by atoms with van der Waals surface area (Å²) in [5, 5.41) is 3.35. The average molecular weight is 266 g/mol. The minimum absolute atomic E-state index is 0.140. The van der Waals surface area contributed by atoms with Crippen LogP contribution in [0.1, 0.15) is 31.9 Å². The quantitative estimate of drug-likeness (QED) is 0.887. The van der Waals surface area contributed by atoms with Crippen molar-refractivity contribution < 1.29 is 9.13 Å². The molecule has 2 atom stereocenters. The fraction of sp³-hybridized carbons (Fsp3) is 0.600. The van der Waals surface area contributed by atoms with Crippen molar-refractivity contribution in [3.8, 4) is 0 Å². The second kappa shape index (κ2) is 6.35. The van der Waals surface area contributed by atoms with Crippen LogP contribution < -0.4 is 10.2 Å². The smallest absolute Gasteiger partial charge is 0.146 e. The summed E-state index contributed by atoms with van der Waals surface area (Å²) in [4.78, 5) is 2.10. The van der Waals surface area contributed by atoms with Crippen LogP contribution in [0, 0.1) is 5.82 Å². The first kappa shape index (κ1) is 14.3. The molecule has 0 bridgehead atoms. The van der Waals surface area contributed by atoms with Gasteiger partial charge in [-0.25, -0.2) is 4.39 Å². The molecular formula is C15H23FN2O. The number of rotatable bonds is 5. The third kappa shape index (κ3) is 3.07. The zero-order chi connectivity index (χ0) is 13.8. The highest BCUT2D eigenvalue weighted by atomic mass is 19.1. The first-order valence-electron chi connectivity index (χ1n) is 6.96. The van der Waals surface area contributed by atoms with Crippen molar-refractivity contribution in [1.82, 2.24) is 5.32 Å². The van der Waals surface area contributed by atoms with Crippen molar-refractivity contribution in [2.75, 3.05) is 31.6 Å². The Morgan fingerprint density at radius 1 is 1.53 bits per heavy atom. The van der Waals surface area contributed by atoms with Crippen molar-refractivity contribution in [3.05, 3.63) is 29.6 Å². The number of nitrogens with zero attached hydrogens (tertiary/aromatic N) is 1. The minimum atomic E-state index is -0.140.